The maximum absolute atomic E-state index is 13.7. The number of hydrogen-bond acceptors (Lipinski definition) is 7. The Balaban J connectivity index is 2.09. The Bertz CT molecular complexity index is 1130. The fraction of sp³-hybridized carbons (Fsp3) is 0.273. The van der Waals surface area contributed by atoms with Crippen LogP contribution in [0, 0.1) is 11.7 Å². The topological polar surface area (TPSA) is 145 Å². The summed E-state index contributed by atoms with van der Waals surface area (Å²) in [5.41, 5.74) is 11.0. The molecule has 1 atom stereocenters. The van der Waals surface area contributed by atoms with Gasteiger partial charge in [-0.15, -0.1) is 0 Å². The fourth-order valence-corrected chi connectivity index (χ4v) is 3.87. The lowest BCUT2D eigenvalue weighted by atomic mass is 10.1. The van der Waals surface area contributed by atoms with Crippen LogP contribution in [-0.2, 0) is 4.79 Å². The molecule has 0 aliphatic heterocycles. The molecule has 0 saturated carbocycles. The number of aromatic nitrogens is 1. The number of nitrogens with two attached hydrogens (primary N) is 2. The molecule has 1 unspecified atom stereocenters. The Kier molecular flexibility index (Phi) is 7.44. The number of anilines is 2. The van der Waals surface area contributed by atoms with Gasteiger partial charge in [-0.05, 0) is 60.3 Å². The highest BCUT2D eigenvalue weighted by atomic mass is 32.1. The van der Waals surface area contributed by atoms with Crippen LogP contribution in [-0.4, -0.2) is 28.6 Å². The predicted octanol–water partition coefficient (Wildman–Crippen LogP) is 3.11. The summed E-state index contributed by atoms with van der Waals surface area (Å²) in [5, 5.41) is 2.82. The molecule has 5 N–H and O–H groups in total. The lowest BCUT2D eigenvalue weighted by Crippen LogP contribution is -2.44. The zero-order valence-electron chi connectivity index (χ0n) is 18.1. The normalized spacial score (nSPS) is 11.9. The van der Waals surface area contributed by atoms with Crippen molar-refractivity contribution >= 4 is 40.6 Å². The van der Waals surface area contributed by atoms with E-state index >= 15 is 0 Å². The van der Waals surface area contributed by atoms with Gasteiger partial charge in [0.05, 0.1) is 12.0 Å². The van der Waals surface area contributed by atoms with Gasteiger partial charge in [0.25, 0.3) is 17.7 Å². The first kappa shape index (κ1) is 23.9. The van der Waals surface area contributed by atoms with E-state index in [1.165, 1.54) is 18.4 Å². The van der Waals surface area contributed by atoms with E-state index in [1.54, 1.807) is 12.1 Å². The Morgan fingerprint density at radius 1 is 1.21 bits per heavy atom. The number of rotatable bonds is 9. The lowest BCUT2D eigenvalue weighted by molar-refractivity contribution is -0.122. The third-order valence-electron chi connectivity index (χ3n) is 4.82. The molecular formula is C22H24FN5O4S. The Hall–Kier alpha value is -3.73. The van der Waals surface area contributed by atoms with Crippen LogP contribution in [0.4, 0.5) is 15.8 Å². The molecule has 11 heteroatoms. The van der Waals surface area contributed by atoms with Crippen LogP contribution in [0.5, 0.6) is 0 Å². The maximum atomic E-state index is 13.7. The van der Waals surface area contributed by atoms with E-state index in [0.717, 1.165) is 23.5 Å². The second-order valence-corrected chi connectivity index (χ2v) is 8.45. The molecule has 0 fully saturated rings. The van der Waals surface area contributed by atoms with Gasteiger partial charge in [0.15, 0.2) is 11.7 Å². The molecule has 0 bridgehead atoms. The van der Waals surface area contributed by atoms with Crippen molar-refractivity contribution in [3.8, 4) is 0 Å². The molecule has 3 amide bonds. The average molecular weight is 474 g/mol. The second-order valence-electron chi connectivity index (χ2n) is 7.68. The number of nitrogens with one attached hydrogen (secondary N) is 1. The molecule has 174 valence electrons. The largest absolute Gasteiger partial charge is 0.467 e. The number of carbonyl (C=O) groups excluding carboxylic acids is 3. The summed E-state index contributed by atoms with van der Waals surface area (Å²) in [7, 11) is 0. The number of nitrogens with zero attached hydrogens (tertiary/aromatic N) is 2. The summed E-state index contributed by atoms with van der Waals surface area (Å²) < 4.78 is 23.0. The zero-order valence-corrected chi connectivity index (χ0v) is 18.9. The molecule has 0 radical (unpaired) electrons. The van der Waals surface area contributed by atoms with Gasteiger partial charge < -0.3 is 21.2 Å². The van der Waals surface area contributed by atoms with Crippen molar-refractivity contribution in [2.45, 2.75) is 26.3 Å². The molecule has 3 rings (SSSR count). The van der Waals surface area contributed by atoms with E-state index in [1.807, 2.05) is 13.8 Å². The minimum absolute atomic E-state index is 0.0836. The quantitative estimate of drug-likeness (QED) is 0.435. The molecule has 0 spiro atoms. The molecule has 3 aromatic rings. The molecule has 2 heterocycles. The summed E-state index contributed by atoms with van der Waals surface area (Å²) in [5.74, 6) is -2.08. The first-order valence-electron chi connectivity index (χ1n) is 10.2. The van der Waals surface area contributed by atoms with E-state index in [9.17, 15) is 18.8 Å². The van der Waals surface area contributed by atoms with Crippen molar-refractivity contribution in [2.24, 2.45) is 11.7 Å². The van der Waals surface area contributed by atoms with Gasteiger partial charge in [-0.1, -0.05) is 13.8 Å². The SMILES string of the molecule is CC(C)CCNC(=O)C(c1ccco1)N(C(=O)c1snc(C(N)=O)c1N)c1ccc(F)cc1. The van der Waals surface area contributed by atoms with Gasteiger partial charge in [-0.2, -0.15) is 4.37 Å². The van der Waals surface area contributed by atoms with Crippen molar-refractivity contribution in [1.29, 1.82) is 0 Å². The van der Waals surface area contributed by atoms with Crippen LogP contribution in [0.3, 0.4) is 0 Å². The number of amides is 3. The lowest BCUT2D eigenvalue weighted by Gasteiger charge is -2.29. The minimum atomic E-state index is -1.23. The number of nitrogen functional groups attached to an aromatic ring is 1. The molecule has 2 aromatic heterocycles. The summed E-state index contributed by atoms with van der Waals surface area (Å²) in [4.78, 5) is 39.6. The number of benzene rings is 1. The minimum Gasteiger partial charge on any atom is -0.467 e. The van der Waals surface area contributed by atoms with Gasteiger partial charge in [-0.25, -0.2) is 4.39 Å². The van der Waals surface area contributed by atoms with Gasteiger partial charge in [-0.3, -0.25) is 19.3 Å². The Morgan fingerprint density at radius 3 is 2.45 bits per heavy atom. The second kappa shape index (κ2) is 10.3. The predicted molar refractivity (Wildman–Crippen MR) is 122 cm³/mol. The van der Waals surface area contributed by atoms with Gasteiger partial charge in [0.2, 0.25) is 0 Å². The van der Waals surface area contributed by atoms with E-state index < -0.39 is 29.6 Å². The highest BCUT2D eigenvalue weighted by Gasteiger charge is 2.37. The van der Waals surface area contributed by atoms with E-state index in [0.29, 0.717) is 24.0 Å². The van der Waals surface area contributed by atoms with Crippen LogP contribution in [0.2, 0.25) is 0 Å². The van der Waals surface area contributed by atoms with Gasteiger partial charge in [0, 0.05) is 12.2 Å². The van der Waals surface area contributed by atoms with E-state index in [4.69, 9.17) is 15.9 Å². The zero-order chi connectivity index (χ0) is 24.1. The molecule has 33 heavy (non-hydrogen) atoms. The van der Waals surface area contributed by atoms with Gasteiger partial charge >= 0.3 is 0 Å². The number of furan rings is 1. The summed E-state index contributed by atoms with van der Waals surface area (Å²) >= 11 is 0.683. The Morgan fingerprint density at radius 2 is 1.91 bits per heavy atom. The molecule has 1 aromatic carbocycles. The van der Waals surface area contributed by atoms with Crippen molar-refractivity contribution in [3.05, 3.63) is 64.8 Å². The van der Waals surface area contributed by atoms with Crippen LogP contribution in [0.15, 0.2) is 47.1 Å². The highest BCUT2D eigenvalue weighted by Crippen LogP contribution is 2.33. The highest BCUT2D eigenvalue weighted by molar-refractivity contribution is 7.09. The van der Waals surface area contributed by atoms with Gasteiger partial charge in [0.1, 0.15) is 16.5 Å². The summed E-state index contributed by atoms with van der Waals surface area (Å²) in [6, 6.07) is 6.95. The Labute approximate surface area is 193 Å². The van der Waals surface area contributed by atoms with Crippen molar-refractivity contribution in [1.82, 2.24) is 9.69 Å². The molecule has 0 aliphatic carbocycles. The standard InChI is InChI=1S/C22H24FN5O4S/c1-12(2)9-10-26-21(30)18(15-4-3-11-32-15)28(14-7-5-13(23)6-8-14)22(31)19-16(24)17(20(25)29)27-33-19/h3-8,11-12,18H,9-10,24H2,1-2H3,(H2,25,29)(H,26,30). The van der Waals surface area contributed by atoms with Crippen molar-refractivity contribution in [3.63, 3.8) is 0 Å². The van der Waals surface area contributed by atoms with Crippen molar-refractivity contribution in [2.75, 3.05) is 17.2 Å². The van der Waals surface area contributed by atoms with E-state index in [-0.39, 0.29) is 27.7 Å². The number of hydrogen-bond donors (Lipinski definition) is 3. The molecule has 0 saturated heterocycles. The molecular weight excluding hydrogens is 449 g/mol. The third-order valence-corrected chi connectivity index (χ3v) is 5.67. The number of primary amides is 1. The summed E-state index contributed by atoms with van der Waals surface area (Å²) in [6.45, 7) is 4.43. The molecule has 0 aliphatic rings. The maximum Gasteiger partial charge on any atom is 0.273 e. The first-order valence-corrected chi connectivity index (χ1v) is 10.9. The summed E-state index contributed by atoms with van der Waals surface area (Å²) in [6.07, 6.45) is 2.11. The average Bonchev–Trinajstić information content (AvgIpc) is 3.42. The van der Waals surface area contributed by atoms with Crippen molar-refractivity contribution < 1.29 is 23.2 Å². The van der Waals surface area contributed by atoms with Crippen LogP contribution < -0.4 is 21.7 Å². The first-order chi connectivity index (χ1) is 15.7. The fourth-order valence-electron chi connectivity index (χ4n) is 3.13. The monoisotopic (exact) mass is 473 g/mol. The van der Waals surface area contributed by atoms with E-state index in [2.05, 4.69) is 9.69 Å². The smallest absolute Gasteiger partial charge is 0.273 e. The third kappa shape index (κ3) is 5.37. The molecule has 9 nitrogen and oxygen atoms in total. The number of carbonyl (C=O) groups is 3. The van der Waals surface area contributed by atoms with Crippen LogP contribution >= 0.6 is 11.5 Å². The number of halogens is 1. The van der Waals surface area contributed by atoms with Crippen LogP contribution in [0.25, 0.3) is 0 Å². The van der Waals surface area contributed by atoms with Crippen LogP contribution in [0.1, 0.15) is 52.2 Å².